The number of rotatable bonds is 11. The number of halogens is 5. The maximum atomic E-state index is 15.8. The third-order valence-corrected chi connectivity index (χ3v) is 10.5. The van der Waals surface area contributed by atoms with Gasteiger partial charge in [-0.25, -0.2) is 17.1 Å². The number of nitrogens with one attached hydrogen (secondary N) is 1. The summed E-state index contributed by atoms with van der Waals surface area (Å²) in [6.07, 6.45) is -4.76. The number of carbonyl (C=O) groups excluding carboxylic acids is 2. The minimum atomic E-state index is -5.00. The van der Waals surface area contributed by atoms with Gasteiger partial charge in [0.05, 0.1) is 28.8 Å². The van der Waals surface area contributed by atoms with Gasteiger partial charge in [0.25, 0.3) is 15.9 Å². The van der Waals surface area contributed by atoms with Crippen LogP contribution in [0.3, 0.4) is 0 Å². The second-order valence-electron chi connectivity index (χ2n) is 12.0. The van der Waals surface area contributed by atoms with E-state index >= 15 is 4.39 Å². The average Bonchev–Trinajstić information content (AvgIpc) is 3.56. The van der Waals surface area contributed by atoms with E-state index < -0.39 is 45.3 Å². The third kappa shape index (κ3) is 6.70. The van der Waals surface area contributed by atoms with Crippen molar-refractivity contribution in [1.82, 2.24) is 10.2 Å². The van der Waals surface area contributed by atoms with Crippen LogP contribution in [0.1, 0.15) is 44.2 Å². The molecule has 1 N–H and O–H groups in total. The number of hydrogen-bond acceptors (Lipinski definition) is 7. The maximum Gasteiger partial charge on any atom is 0.471 e. The first-order valence-corrected chi connectivity index (χ1v) is 17.0. The molecule has 0 radical (unpaired) electrons. The Morgan fingerprint density at radius 2 is 1.79 bits per heavy atom. The molecule has 2 amide bonds. The molecule has 2 aliphatic heterocycles. The number of methoxy groups -OCH3 is 1. The summed E-state index contributed by atoms with van der Waals surface area (Å²) in [5.74, 6) is -3.16. The Kier molecular flexibility index (Phi) is 10.0. The van der Waals surface area contributed by atoms with Gasteiger partial charge in [0.15, 0.2) is 0 Å². The molecule has 9 nitrogen and oxygen atoms in total. The van der Waals surface area contributed by atoms with Crippen molar-refractivity contribution >= 4 is 39.1 Å². The van der Waals surface area contributed by atoms with E-state index in [1.807, 2.05) is 24.1 Å². The zero-order chi connectivity index (χ0) is 35.0. The summed E-state index contributed by atoms with van der Waals surface area (Å²) in [5.41, 5.74) is -1.81. The van der Waals surface area contributed by atoms with Crippen LogP contribution < -0.4 is 19.1 Å². The number of ether oxygens (including phenoxy) is 2. The van der Waals surface area contributed by atoms with E-state index in [4.69, 9.17) is 21.1 Å². The molecule has 2 heterocycles. The van der Waals surface area contributed by atoms with E-state index in [2.05, 4.69) is 0 Å². The summed E-state index contributed by atoms with van der Waals surface area (Å²) in [6.45, 7) is 4.42. The summed E-state index contributed by atoms with van der Waals surface area (Å²) < 4.78 is 94.3. The van der Waals surface area contributed by atoms with Crippen LogP contribution in [0.4, 0.5) is 23.2 Å². The molecule has 0 saturated carbocycles. The second-order valence-corrected chi connectivity index (χ2v) is 14.2. The summed E-state index contributed by atoms with van der Waals surface area (Å²) in [6, 6.07) is 13.2. The second kappa shape index (κ2) is 13.6. The molecule has 48 heavy (non-hydrogen) atoms. The Balaban J connectivity index is 1.53. The van der Waals surface area contributed by atoms with Crippen LogP contribution in [0.25, 0.3) is 0 Å². The summed E-state index contributed by atoms with van der Waals surface area (Å²) in [4.78, 5) is 27.8. The predicted octanol–water partition coefficient (Wildman–Crippen LogP) is 5.83. The lowest BCUT2D eigenvalue weighted by molar-refractivity contribution is -0.174. The van der Waals surface area contributed by atoms with Gasteiger partial charge in [-0.2, -0.15) is 13.2 Å². The molecular formula is C33H34ClF4N3O6S. The lowest BCUT2D eigenvalue weighted by Crippen LogP contribution is -2.45. The van der Waals surface area contributed by atoms with Crippen molar-refractivity contribution in [2.24, 2.45) is 0 Å². The van der Waals surface area contributed by atoms with Gasteiger partial charge >= 0.3 is 12.1 Å². The Morgan fingerprint density at radius 3 is 2.42 bits per heavy atom. The van der Waals surface area contributed by atoms with Gasteiger partial charge in [0.1, 0.15) is 22.7 Å². The number of anilines is 1. The van der Waals surface area contributed by atoms with E-state index in [9.17, 15) is 31.2 Å². The molecule has 2 atom stereocenters. The molecule has 5 rings (SSSR count). The summed E-state index contributed by atoms with van der Waals surface area (Å²) in [7, 11) is -3.25. The lowest BCUT2D eigenvalue weighted by Gasteiger charge is -2.30. The maximum absolute atomic E-state index is 15.8. The molecule has 0 aliphatic carbocycles. The number of benzene rings is 3. The fourth-order valence-electron chi connectivity index (χ4n) is 6.35. The highest BCUT2D eigenvalue weighted by Gasteiger charge is 2.57. The fourth-order valence-corrected chi connectivity index (χ4v) is 8.06. The molecule has 0 aromatic heterocycles. The molecule has 0 bridgehead atoms. The van der Waals surface area contributed by atoms with E-state index in [1.54, 1.807) is 0 Å². The van der Waals surface area contributed by atoms with Crippen molar-refractivity contribution in [2.75, 3.05) is 31.0 Å². The zero-order valence-corrected chi connectivity index (χ0v) is 27.9. The van der Waals surface area contributed by atoms with Crippen molar-refractivity contribution in [3.63, 3.8) is 0 Å². The molecule has 1 saturated heterocycles. The molecule has 2 aliphatic rings. The molecule has 3 aromatic carbocycles. The van der Waals surface area contributed by atoms with Crippen LogP contribution in [0, 0.1) is 5.82 Å². The summed E-state index contributed by atoms with van der Waals surface area (Å²) in [5, 5.41) is 2.06. The molecular weight excluding hydrogens is 678 g/mol. The molecule has 3 aromatic rings. The zero-order valence-electron chi connectivity index (χ0n) is 26.3. The highest BCUT2D eigenvalue weighted by molar-refractivity contribution is 7.93. The van der Waals surface area contributed by atoms with Crippen LogP contribution in [0.15, 0.2) is 65.6 Å². The molecule has 2 unspecified atom stereocenters. The Hall–Kier alpha value is -3.88. The van der Waals surface area contributed by atoms with E-state index in [-0.39, 0.29) is 70.9 Å². The Labute approximate surface area is 280 Å². The molecule has 15 heteroatoms. The van der Waals surface area contributed by atoms with Gasteiger partial charge in [0, 0.05) is 30.8 Å². The first-order chi connectivity index (χ1) is 22.6. The van der Waals surface area contributed by atoms with E-state index in [1.165, 1.54) is 67.8 Å². The number of alkyl halides is 3. The average molecular weight is 712 g/mol. The smallest absolute Gasteiger partial charge is 0.471 e. The minimum Gasteiger partial charge on any atom is -0.495 e. The third-order valence-electron chi connectivity index (χ3n) is 8.46. The molecule has 0 spiro atoms. The van der Waals surface area contributed by atoms with Gasteiger partial charge in [-0.05, 0) is 81.6 Å². The van der Waals surface area contributed by atoms with Gasteiger partial charge in [-0.1, -0.05) is 29.8 Å². The van der Waals surface area contributed by atoms with Gasteiger partial charge in [-0.3, -0.25) is 9.59 Å². The van der Waals surface area contributed by atoms with E-state index in [0.29, 0.717) is 16.6 Å². The van der Waals surface area contributed by atoms with Gasteiger partial charge in [0.2, 0.25) is 0 Å². The van der Waals surface area contributed by atoms with Crippen molar-refractivity contribution in [1.29, 1.82) is 0 Å². The number of likely N-dealkylation sites (tertiary alicyclic amines) is 1. The highest BCUT2D eigenvalue weighted by Crippen LogP contribution is 2.53. The van der Waals surface area contributed by atoms with Crippen molar-refractivity contribution in [3.05, 3.63) is 82.6 Å². The van der Waals surface area contributed by atoms with E-state index in [0.717, 1.165) is 0 Å². The number of carbonyl (C=O) groups is 2. The summed E-state index contributed by atoms with van der Waals surface area (Å²) >= 11 is 6.54. The minimum absolute atomic E-state index is 0.0527. The lowest BCUT2D eigenvalue weighted by atomic mass is 9.72. The largest absolute Gasteiger partial charge is 0.495 e. The van der Waals surface area contributed by atoms with Crippen LogP contribution in [0.5, 0.6) is 11.5 Å². The standard InChI is InChI=1S/C33H34ClF4N3O6S/c1-20(2)47-22-9-11-23(12-10-22)48(44,45)41-28-18-29(46-3)26(34)17-25(28)32(31(41)43,24-7-4-5-8-27(24)35)14-6-15-40-16-13-21(19-40)39-30(42)33(36,37)38/h4-5,7-12,17-18,20-21H,6,13-16,19H2,1-3H3,(H,39,42). The predicted molar refractivity (Wildman–Crippen MR) is 170 cm³/mol. The number of amides is 2. The molecule has 258 valence electrons. The Bertz CT molecular complexity index is 1810. The van der Waals surface area contributed by atoms with Crippen molar-refractivity contribution < 1.29 is 45.0 Å². The fraction of sp³-hybridized carbons (Fsp3) is 0.394. The molecule has 1 fully saturated rings. The Morgan fingerprint density at radius 1 is 1.10 bits per heavy atom. The normalized spacial score (nSPS) is 19.9. The quantitative estimate of drug-likeness (QED) is 0.250. The monoisotopic (exact) mass is 711 g/mol. The van der Waals surface area contributed by atoms with Crippen molar-refractivity contribution in [2.45, 2.75) is 61.7 Å². The van der Waals surface area contributed by atoms with Crippen LogP contribution in [-0.2, 0) is 25.0 Å². The number of fused-ring (bicyclic) bond motifs is 1. The van der Waals surface area contributed by atoms with Gasteiger partial charge in [-0.15, -0.1) is 0 Å². The van der Waals surface area contributed by atoms with Crippen LogP contribution in [-0.4, -0.2) is 70.2 Å². The number of nitrogens with zero attached hydrogens (tertiary/aromatic N) is 2. The highest BCUT2D eigenvalue weighted by atomic mass is 35.5. The SMILES string of the molecule is COc1cc2c(cc1Cl)C(CCCN1CCC(NC(=O)C(F)(F)F)C1)(c1ccccc1F)C(=O)N2S(=O)(=O)c1ccc(OC(C)C)cc1. The first-order valence-electron chi connectivity index (χ1n) is 15.2. The van der Waals surface area contributed by atoms with Crippen LogP contribution >= 0.6 is 11.6 Å². The number of hydrogen-bond donors (Lipinski definition) is 1. The van der Waals surface area contributed by atoms with Crippen molar-refractivity contribution in [3.8, 4) is 11.5 Å². The number of sulfonamides is 1. The van der Waals surface area contributed by atoms with Crippen LogP contribution in [0.2, 0.25) is 5.02 Å². The van der Waals surface area contributed by atoms with Gasteiger partial charge < -0.3 is 19.7 Å². The topological polar surface area (TPSA) is 105 Å². The first kappa shape index (κ1) is 35.4.